The molecule has 1 aliphatic carbocycles. The van der Waals surface area contributed by atoms with Crippen LogP contribution in [0.2, 0.25) is 0 Å². The summed E-state index contributed by atoms with van der Waals surface area (Å²) in [6.45, 7) is 7.02. The van der Waals surface area contributed by atoms with Gasteiger partial charge in [-0.2, -0.15) is 0 Å². The molecule has 2 rings (SSSR count). The van der Waals surface area contributed by atoms with E-state index in [1.54, 1.807) is 0 Å². The van der Waals surface area contributed by atoms with Crippen LogP contribution in [0, 0.1) is 13.8 Å². The minimum absolute atomic E-state index is 0.0469. The van der Waals surface area contributed by atoms with Crippen molar-refractivity contribution in [1.29, 1.82) is 0 Å². The second kappa shape index (κ2) is 5.72. The van der Waals surface area contributed by atoms with E-state index in [0.29, 0.717) is 0 Å². The highest BCUT2D eigenvalue weighted by Gasteiger charge is 2.41. The van der Waals surface area contributed by atoms with Gasteiger partial charge in [0.25, 0.3) is 0 Å². The first kappa shape index (κ1) is 13.4. The molecule has 1 aliphatic rings. The molecule has 0 bridgehead atoms. The Kier molecular flexibility index (Phi) is 4.25. The van der Waals surface area contributed by atoms with Crippen molar-refractivity contribution >= 4 is 0 Å². The Morgan fingerprint density at radius 3 is 2.72 bits per heavy atom. The summed E-state index contributed by atoms with van der Waals surface area (Å²) < 4.78 is 11.7. The molecule has 100 valence electrons. The summed E-state index contributed by atoms with van der Waals surface area (Å²) in [5.41, 5.74) is 8.39. The topological polar surface area (TPSA) is 44.5 Å². The van der Waals surface area contributed by atoms with Gasteiger partial charge in [-0.1, -0.05) is 24.6 Å². The Hall–Kier alpha value is -1.06. The van der Waals surface area contributed by atoms with E-state index >= 15 is 0 Å². The highest BCUT2D eigenvalue weighted by atomic mass is 16.5. The molecule has 2 N–H and O–H groups in total. The lowest BCUT2D eigenvalue weighted by Gasteiger charge is -2.42. The number of hydrogen-bond donors (Lipinski definition) is 1. The molecule has 0 amide bonds. The standard InChI is InChI=1S/C15H23NO2/c1-4-7-17-15-12(16)9-14(15)18-13-6-5-10(2)8-11(13)3/h5-6,8,12,14-15H,4,7,9,16H2,1-3H3. The SMILES string of the molecule is CCCOC1C(N)CC1Oc1ccc(C)cc1C. The smallest absolute Gasteiger partial charge is 0.128 e. The van der Waals surface area contributed by atoms with Gasteiger partial charge in [-0.3, -0.25) is 0 Å². The van der Waals surface area contributed by atoms with Gasteiger partial charge in [0, 0.05) is 19.1 Å². The minimum atomic E-state index is 0.0469. The van der Waals surface area contributed by atoms with E-state index in [4.69, 9.17) is 15.2 Å². The maximum absolute atomic E-state index is 6.01. The predicted molar refractivity (Wildman–Crippen MR) is 73.0 cm³/mol. The molecule has 1 aromatic rings. The predicted octanol–water partition coefficient (Wildman–Crippen LogP) is 2.58. The fourth-order valence-electron chi connectivity index (χ4n) is 2.31. The maximum atomic E-state index is 6.01. The molecule has 0 radical (unpaired) electrons. The molecule has 18 heavy (non-hydrogen) atoms. The number of nitrogens with two attached hydrogens (primary N) is 1. The largest absolute Gasteiger partial charge is 0.487 e. The third kappa shape index (κ3) is 2.85. The van der Waals surface area contributed by atoms with Crippen molar-refractivity contribution in [1.82, 2.24) is 0 Å². The van der Waals surface area contributed by atoms with E-state index in [9.17, 15) is 0 Å². The van der Waals surface area contributed by atoms with Crippen molar-refractivity contribution in [2.24, 2.45) is 5.73 Å². The zero-order valence-electron chi connectivity index (χ0n) is 11.5. The average molecular weight is 249 g/mol. The first-order valence-corrected chi connectivity index (χ1v) is 6.73. The molecule has 1 aromatic carbocycles. The fourth-order valence-corrected chi connectivity index (χ4v) is 2.31. The second-order valence-corrected chi connectivity index (χ2v) is 5.16. The zero-order valence-corrected chi connectivity index (χ0v) is 11.5. The molecule has 0 aromatic heterocycles. The summed E-state index contributed by atoms with van der Waals surface area (Å²) in [5, 5.41) is 0. The number of aryl methyl sites for hydroxylation is 2. The fraction of sp³-hybridized carbons (Fsp3) is 0.600. The maximum Gasteiger partial charge on any atom is 0.128 e. The van der Waals surface area contributed by atoms with Crippen molar-refractivity contribution in [3.8, 4) is 5.75 Å². The third-order valence-electron chi connectivity index (χ3n) is 3.42. The Balaban J connectivity index is 1.96. The van der Waals surface area contributed by atoms with Gasteiger partial charge < -0.3 is 15.2 Å². The molecule has 3 nitrogen and oxygen atoms in total. The van der Waals surface area contributed by atoms with Gasteiger partial charge in [0.2, 0.25) is 0 Å². The van der Waals surface area contributed by atoms with Crippen LogP contribution in [0.4, 0.5) is 0 Å². The number of hydrogen-bond acceptors (Lipinski definition) is 3. The van der Waals surface area contributed by atoms with Crippen molar-refractivity contribution in [2.45, 2.75) is 51.9 Å². The zero-order chi connectivity index (χ0) is 13.1. The van der Waals surface area contributed by atoms with Crippen LogP contribution in [0.15, 0.2) is 18.2 Å². The highest BCUT2D eigenvalue weighted by Crippen LogP contribution is 2.29. The van der Waals surface area contributed by atoms with Gasteiger partial charge in [0.15, 0.2) is 0 Å². The lowest BCUT2D eigenvalue weighted by Crippen LogP contribution is -2.59. The molecule has 0 spiro atoms. The average Bonchev–Trinajstić information content (AvgIpc) is 2.32. The van der Waals surface area contributed by atoms with Crippen LogP contribution in [0.1, 0.15) is 30.9 Å². The van der Waals surface area contributed by atoms with Gasteiger partial charge >= 0.3 is 0 Å². The van der Waals surface area contributed by atoms with Crippen molar-refractivity contribution in [3.63, 3.8) is 0 Å². The van der Waals surface area contributed by atoms with Crippen molar-refractivity contribution < 1.29 is 9.47 Å². The van der Waals surface area contributed by atoms with Crippen molar-refractivity contribution in [3.05, 3.63) is 29.3 Å². The monoisotopic (exact) mass is 249 g/mol. The van der Waals surface area contributed by atoms with Crippen LogP contribution in [0.3, 0.4) is 0 Å². The van der Waals surface area contributed by atoms with E-state index in [1.165, 1.54) is 11.1 Å². The highest BCUT2D eigenvalue weighted by molar-refractivity contribution is 5.36. The summed E-state index contributed by atoms with van der Waals surface area (Å²) in [5.74, 6) is 0.947. The minimum Gasteiger partial charge on any atom is -0.487 e. The van der Waals surface area contributed by atoms with Crippen LogP contribution >= 0.6 is 0 Å². The molecule has 1 fully saturated rings. The lowest BCUT2D eigenvalue weighted by atomic mass is 9.86. The van der Waals surface area contributed by atoms with Gasteiger partial charge in [-0.25, -0.2) is 0 Å². The lowest BCUT2D eigenvalue weighted by molar-refractivity contribution is -0.0981. The van der Waals surface area contributed by atoms with Gasteiger partial charge in [-0.15, -0.1) is 0 Å². The first-order valence-electron chi connectivity index (χ1n) is 6.73. The molecule has 3 unspecified atom stereocenters. The van der Waals surface area contributed by atoms with Gasteiger partial charge in [0.05, 0.1) is 0 Å². The first-order chi connectivity index (χ1) is 8.61. The van der Waals surface area contributed by atoms with Crippen LogP contribution in [-0.4, -0.2) is 24.9 Å². The second-order valence-electron chi connectivity index (χ2n) is 5.16. The Morgan fingerprint density at radius 2 is 2.11 bits per heavy atom. The van der Waals surface area contributed by atoms with Gasteiger partial charge in [0.1, 0.15) is 18.0 Å². The quantitative estimate of drug-likeness (QED) is 0.872. The Labute approximate surface area is 109 Å². The van der Waals surface area contributed by atoms with Crippen molar-refractivity contribution in [2.75, 3.05) is 6.61 Å². The molecule has 0 heterocycles. The summed E-state index contributed by atoms with van der Waals surface area (Å²) in [7, 11) is 0. The number of benzene rings is 1. The molecular formula is C15H23NO2. The van der Waals surface area contributed by atoms with Crippen LogP contribution in [-0.2, 0) is 4.74 Å². The van der Waals surface area contributed by atoms with E-state index in [-0.39, 0.29) is 18.2 Å². The Bertz CT molecular complexity index is 405. The molecule has 3 heteroatoms. The Morgan fingerprint density at radius 1 is 1.33 bits per heavy atom. The van der Waals surface area contributed by atoms with E-state index < -0.39 is 0 Å². The summed E-state index contributed by atoms with van der Waals surface area (Å²) in [4.78, 5) is 0. The molecule has 0 saturated heterocycles. The van der Waals surface area contributed by atoms with Crippen LogP contribution in [0.5, 0.6) is 5.75 Å². The van der Waals surface area contributed by atoms with Gasteiger partial charge in [-0.05, 0) is 31.9 Å². The normalized spacial score (nSPS) is 26.8. The summed E-state index contributed by atoms with van der Waals surface area (Å²) in [6, 6.07) is 6.36. The van der Waals surface area contributed by atoms with Crippen LogP contribution < -0.4 is 10.5 Å². The summed E-state index contributed by atoms with van der Waals surface area (Å²) >= 11 is 0. The third-order valence-corrected chi connectivity index (χ3v) is 3.42. The van der Waals surface area contributed by atoms with E-state index in [2.05, 4.69) is 32.9 Å². The molecule has 1 saturated carbocycles. The molecule has 3 atom stereocenters. The van der Waals surface area contributed by atoms with E-state index in [0.717, 1.165) is 25.2 Å². The summed E-state index contributed by atoms with van der Waals surface area (Å²) in [6.07, 6.45) is 2.04. The van der Waals surface area contributed by atoms with Crippen LogP contribution in [0.25, 0.3) is 0 Å². The molecule has 0 aliphatic heterocycles. The number of rotatable bonds is 5. The van der Waals surface area contributed by atoms with E-state index in [1.807, 2.05) is 6.07 Å². The number of ether oxygens (including phenoxy) is 2. The molecular weight excluding hydrogens is 226 g/mol.